The second kappa shape index (κ2) is 5.77. The average molecular weight is 311 g/mol. The molecule has 1 aromatic rings. The van der Waals surface area contributed by atoms with Crippen molar-refractivity contribution < 1.29 is 17.9 Å². The molecule has 0 unspecified atom stereocenters. The lowest BCUT2D eigenvalue weighted by molar-refractivity contribution is -0.0586. The van der Waals surface area contributed by atoms with Crippen LogP contribution >= 0.6 is 0 Å². The monoisotopic (exact) mass is 311 g/mol. The quantitative estimate of drug-likeness (QED) is 0.833. The Morgan fingerprint density at radius 3 is 2.33 bits per heavy atom. The molecular weight excluding hydrogens is 290 g/mol. The minimum Gasteiger partial charge on any atom is -0.372 e. The van der Waals surface area contributed by atoms with Gasteiger partial charge in [0, 0.05) is 24.9 Å². The molecular formula is C15H21NO4S. The van der Waals surface area contributed by atoms with Gasteiger partial charge in [-0.05, 0) is 38.5 Å². The van der Waals surface area contributed by atoms with E-state index in [1.165, 1.54) is 12.1 Å². The fraction of sp³-hybridized carbons (Fsp3) is 0.533. The Kier molecular flexibility index (Phi) is 4.39. The van der Waals surface area contributed by atoms with Crippen LogP contribution in [0.5, 0.6) is 0 Å². The summed E-state index contributed by atoms with van der Waals surface area (Å²) in [5.74, 6) is -0.139. The minimum atomic E-state index is -3.32. The normalized spacial score (nSPS) is 23.1. The summed E-state index contributed by atoms with van der Waals surface area (Å²) in [5, 5.41) is 0. The van der Waals surface area contributed by atoms with Gasteiger partial charge in [-0.25, -0.2) is 8.42 Å². The molecule has 116 valence electrons. The summed E-state index contributed by atoms with van der Waals surface area (Å²) in [4.78, 5) is 14.6. The van der Waals surface area contributed by atoms with E-state index < -0.39 is 9.84 Å². The standard InChI is InChI=1S/C15H21NO4S/c1-10-5-6-13(21(4,18)19)7-14(10)15(17)16-8-11(2)20-12(3)9-16/h5-7,11-12H,8-9H2,1-4H3/t11-,12-/m1/s1. The van der Waals surface area contributed by atoms with E-state index in [-0.39, 0.29) is 23.0 Å². The lowest BCUT2D eigenvalue weighted by Crippen LogP contribution is -2.48. The van der Waals surface area contributed by atoms with Gasteiger partial charge in [0.2, 0.25) is 0 Å². The molecule has 0 aliphatic carbocycles. The third-order valence-electron chi connectivity index (χ3n) is 3.57. The van der Waals surface area contributed by atoms with Gasteiger partial charge >= 0.3 is 0 Å². The highest BCUT2D eigenvalue weighted by Gasteiger charge is 2.27. The zero-order chi connectivity index (χ0) is 15.8. The molecule has 0 radical (unpaired) electrons. The number of hydrogen-bond donors (Lipinski definition) is 0. The van der Waals surface area contributed by atoms with Gasteiger partial charge in [0.05, 0.1) is 17.1 Å². The second-order valence-corrected chi connectivity index (χ2v) is 7.73. The van der Waals surface area contributed by atoms with Crippen LogP contribution in [-0.2, 0) is 14.6 Å². The van der Waals surface area contributed by atoms with E-state index in [1.54, 1.807) is 11.0 Å². The third-order valence-corrected chi connectivity index (χ3v) is 4.68. The van der Waals surface area contributed by atoms with Gasteiger partial charge in [0.15, 0.2) is 9.84 Å². The molecule has 1 fully saturated rings. The molecule has 1 heterocycles. The number of benzene rings is 1. The molecule has 1 aliphatic rings. The lowest BCUT2D eigenvalue weighted by atomic mass is 10.1. The summed E-state index contributed by atoms with van der Waals surface area (Å²) in [6, 6.07) is 4.68. The molecule has 1 saturated heterocycles. The summed E-state index contributed by atoms with van der Waals surface area (Å²) in [6.07, 6.45) is 1.11. The number of hydrogen-bond acceptors (Lipinski definition) is 4. The maximum Gasteiger partial charge on any atom is 0.254 e. The van der Waals surface area contributed by atoms with Gasteiger partial charge in [0.1, 0.15) is 0 Å². The van der Waals surface area contributed by atoms with Crippen LogP contribution in [0.4, 0.5) is 0 Å². The molecule has 1 aromatic carbocycles. The van der Waals surface area contributed by atoms with Crippen LogP contribution in [0.1, 0.15) is 29.8 Å². The topological polar surface area (TPSA) is 63.7 Å². The first-order valence-corrected chi connectivity index (χ1v) is 8.83. The zero-order valence-electron chi connectivity index (χ0n) is 12.8. The van der Waals surface area contributed by atoms with Gasteiger partial charge in [-0.3, -0.25) is 4.79 Å². The SMILES string of the molecule is Cc1ccc(S(C)(=O)=O)cc1C(=O)N1C[C@@H](C)O[C@H](C)C1. The number of aryl methyl sites for hydroxylation is 1. The molecule has 0 aromatic heterocycles. The van der Waals surface area contributed by atoms with Gasteiger partial charge in [-0.15, -0.1) is 0 Å². The molecule has 0 spiro atoms. The lowest BCUT2D eigenvalue weighted by Gasteiger charge is -2.35. The number of rotatable bonds is 2. The molecule has 5 nitrogen and oxygen atoms in total. The van der Waals surface area contributed by atoms with Crippen LogP contribution < -0.4 is 0 Å². The Bertz CT molecular complexity index is 644. The van der Waals surface area contributed by atoms with Crippen molar-refractivity contribution in [3.63, 3.8) is 0 Å². The number of carbonyl (C=O) groups is 1. The summed E-state index contributed by atoms with van der Waals surface area (Å²) in [7, 11) is -3.32. The van der Waals surface area contributed by atoms with Crippen molar-refractivity contribution in [3.05, 3.63) is 29.3 Å². The molecule has 6 heteroatoms. The summed E-state index contributed by atoms with van der Waals surface area (Å²) in [5.41, 5.74) is 1.22. The molecule has 2 atom stereocenters. The van der Waals surface area contributed by atoms with Crippen molar-refractivity contribution >= 4 is 15.7 Å². The van der Waals surface area contributed by atoms with Crippen molar-refractivity contribution in [1.82, 2.24) is 4.90 Å². The Morgan fingerprint density at radius 2 is 1.81 bits per heavy atom. The molecule has 0 bridgehead atoms. The van der Waals surface area contributed by atoms with E-state index in [4.69, 9.17) is 4.74 Å². The number of sulfone groups is 1. The smallest absolute Gasteiger partial charge is 0.254 e. The van der Waals surface area contributed by atoms with E-state index in [2.05, 4.69) is 0 Å². The summed E-state index contributed by atoms with van der Waals surface area (Å²) in [6.45, 7) is 6.70. The van der Waals surface area contributed by atoms with Gasteiger partial charge in [0.25, 0.3) is 5.91 Å². The Balaban J connectivity index is 2.34. The number of amides is 1. The van der Waals surface area contributed by atoms with Crippen LogP contribution in [0, 0.1) is 6.92 Å². The largest absolute Gasteiger partial charge is 0.372 e. The Labute approximate surface area is 125 Å². The van der Waals surface area contributed by atoms with Crippen molar-refractivity contribution in [2.75, 3.05) is 19.3 Å². The minimum absolute atomic E-state index is 0.0175. The maximum absolute atomic E-state index is 12.7. The van der Waals surface area contributed by atoms with Gasteiger partial charge in [-0.1, -0.05) is 6.07 Å². The van der Waals surface area contributed by atoms with Crippen molar-refractivity contribution in [2.45, 2.75) is 37.9 Å². The fourth-order valence-corrected chi connectivity index (χ4v) is 3.22. The number of morpholine rings is 1. The first kappa shape index (κ1) is 16.0. The molecule has 0 N–H and O–H groups in total. The molecule has 1 amide bonds. The average Bonchev–Trinajstić information content (AvgIpc) is 2.36. The van der Waals surface area contributed by atoms with Crippen molar-refractivity contribution in [2.24, 2.45) is 0 Å². The van der Waals surface area contributed by atoms with Crippen LogP contribution in [0.25, 0.3) is 0 Å². The summed E-state index contributed by atoms with van der Waals surface area (Å²) < 4.78 is 28.9. The first-order chi connectivity index (χ1) is 9.68. The highest BCUT2D eigenvalue weighted by atomic mass is 32.2. The zero-order valence-corrected chi connectivity index (χ0v) is 13.6. The highest BCUT2D eigenvalue weighted by molar-refractivity contribution is 7.90. The predicted molar refractivity (Wildman–Crippen MR) is 80.2 cm³/mol. The first-order valence-electron chi connectivity index (χ1n) is 6.94. The molecule has 2 rings (SSSR count). The molecule has 21 heavy (non-hydrogen) atoms. The fourth-order valence-electron chi connectivity index (χ4n) is 2.58. The van der Waals surface area contributed by atoms with E-state index in [0.29, 0.717) is 18.7 Å². The third kappa shape index (κ3) is 3.63. The number of nitrogens with zero attached hydrogens (tertiary/aromatic N) is 1. The van der Waals surface area contributed by atoms with Crippen molar-refractivity contribution in [1.29, 1.82) is 0 Å². The van der Waals surface area contributed by atoms with E-state index in [0.717, 1.165) is 11.8 Å². The second-order valence-electron chi connectivity index (χ2n) is 5.72. The summed E-state index contributed by atoms with van der Waals surface area (Å²) >= 11 is 0. The van der Waals surface area contributed by atoms with Crippen LogP contribution in [0.15, 0.2) is 23.1 Å². The van der Waals surface area contributed by atoms with E-state index in [9.17, 15) is 13.2 Å². The number of carbonyl (C=O) groups excluding carboxylic acids is 1. The van der Waals surface area contributed by atoms with Crippen LogP contribution in [0.3, 0.4) is 0 Å². The van der Waals surface area contributed by atoms with Crippen molar-refractivity contribution in [3.8, 4) is 0 Å². The Morgan fingerprint density at radius 1 is 1.24 bits per heavy atom. The van der Waals surface area contributed by atoms with Crippen LogP contribution in [0.2, 0.25) is 0 Å². The maximum atomic E-state index is 12.7. The van der Waals surface area contributed by atoms with Crippen LogP contribution in [-0.4, -0.2) is 50.8 Å². The molecule has 0 saturated carbocycles. The van der Waals surface area contributed by atoms with Gasteiger partial charge in [-0.2, -0.15) is 0 Å². The van der Waals surface area contributed by atoms with E-state index >= 15 is 0 Å². The number of ether oxygens (including phenoxy) is 1. The van der Waals surface area contributed by atoms with E-state index in [1.807, 2.05) is 20.8 Å². The highest BCUT2D eigenvalue weighted by Crippen LogP contribution is 2.20. The predicted octanol–water partition coefficient (Wildman–Crippen LogP) is 1.65. The molecule has 1 aliphatic heterocycles. The Hall–Kier alpha value is -1.40. The van der Waals surface area contributed by atoms with Gasteiger partial charge < -0.3 is 9.64 Å².